The summed E-state index contributed by atoms with van der Waals surface area (Å²) in [5, 5.41) is 28.1. The Morgan fingerprint density at radius 1 is 1.24 bits per heavy atom. The van der Waals surface area contributed by atoms with E-state index in [1.807, 2.05) is 0 Å². The maximum absolute atomic E-state index is 12.5. The second-order valence-corrected chi connectivity index (χ2v) is 6.60. The molecule has 0 bridgehead atoms. The quantitative estimate of drug-likeness (QED) is 0.497. The molecule has 1 atom stereocenters. The van der Waals surface area contributed by atoms with Crippen LogP contribution < -0.4 is 5.32 Å². The molecule has 1 aromatic heterocycles. The first-order valence-electron chi connectivity index (χ1n) is 6.87. The van der Waals surface area contributed by atoms with Crippen LogP contribution in [-0.4, -0.2) is 25.5 Å². The summed E-state index contributed by atoms with van der Waals surface area (Å²) in [5.74, 6) is -0.462. The number of benzene rings is 1. The van der Waals surface area contributed by atoms with E-state index in [0.717, 1.165) is 6.20 Å². The van der Waals surface area contributed by atoms with Crippen molar-refractivity contribution in [3.8, 4) is 0 Å². The van der Waals surface area contributed by atoms with Crippen LogP contribution in [0, 0.1) is 20.2 Å². The smallest absolute Gasteiger partial charge is 0.307 e. The van der Waals surface area contributed by atoms with E-state index in [1.54, 1.807) is 6.92 Å². The molecule has 0 radical (unpaired) electrons. The number of non-ortho nitro benzene ring substituents is 1. The first kappa shape index (κ1) is 19.0. The number of nitrogens with one attached hydrogen (secondary N) is 1. The Morgan fingerprint density at radius 3 is 2.24 bits per heavy atom. The molecule has 0 saturated heterocycles. The van der Waals surface area contributed by atoms with Crippen LogP contribution in [0.4, 0.5) is 17.1 Å². The number of anilines is 1. The molecule has 1 heterocycles. The molecular formula is C13H11Br2N5O5. The van der Waals surface area contributed by atoms with E-state index in [1.165, 1.54) is 23.0 Å². The number of carbonyl (C=O) groups is 1. The van der Waals surface area contributed by atoms with Crippen molar-refractivity contribution in [2.45, 2.75) is 19.4 Å². The Bertz CT molecular complexity index is 830. The fourth-order valence-corrected chi connectivity index (χ4v) is 3.44. The molecule has 1 unspecified atom stereocenters. The van der Waals surface area contributed by atoms with E-state index in [0.29, 0.717) is 21.1 Å². The molecule has 0 aliphatic heterocycles. The number of aromatic nitrogens is 2. The number of nitro groups is 2. The van der Waals surface area contributed by atoms with Crippen molar-refractivity contribution in [1.82, 2.24) is 9.78 Å². The minimum Gasteiger partial charge on any atom is -0.322 e. The predicted molar refractivity (Wildman–Crippen MR) is 95.3 cm³/mol. The molecule has 0 fully saturated rings. The highest BCUT2D eigenvalue weighted by molar-refractivity contribution is 9.11. The summed E-state index contributed by atoms with van der Waals surface area (Å²) < 4.78 is 1.85. The Morgan fingerprint density at radius 2 is 1.80 bits per heavy atom. The Kier molecular flexibility index (Phi) is 5.85. The number of amides is 1. The topological polar surface area (TPSA) is 133 Å². The summed E-state index contributed by atoms with van der Waals surface area (Å²) >= 11 is 6.37. The fraction of sp³-hybridized carbons (Fsp3) is 0.231. The Hall–Kier alpha value is -2.34. The SMILES string of the molecule is CCC(C(=O)Nc1c(Br)cc([N+](=O)[O-])cc1Br)n1cc([N+](=O)[O-])cn1. The lowest BCUT2D eigenvalue weighted by atomic mass is 10.2. The van der Waals surface area contributed by atoms with E-state index in [4.69, 9.17) is 0 Å². The van der Waals surface area contributed by atoms with Crippen molar-refractivity contribution >= 4 is 54.8 Å². The molecule has 25 heavy (non-hydrogen) atoms. The number of nitro benzene ring substituents is 1. The minimum absolute atomic E-state index is 0.147. The molecule has 1 amide bonds. The lowest BCUT2D eigenvalue weighted by Crippen LogP contribution is -2.26. The Labute approximate surface area is 157 Å². The molecule has 1 N–H and O–H groups in total. The van der Waals surface area contributed by atoms with Gasteiger partial charge in [0.15, 0.2) is 0 Å². The maximum atomic E-state index is 12.5. The van der Waals surface area contributed by atoms with E-state index < -0.39 is 21.8 Å². The highest BCUT2D eigenvalue weighted by Gasteiger charge is 2.24. The molecule has 0 aliphatic carbocycles. The van der Waals surface area contributed by atoms with Gasteiger partial charge < -0.3 is 5.32 Å². The molecule has 12 heteroatoms. The number of nitrogens with zero attached hydrogens (tertiary/aromatic N) is 4. The van der Waals surface area contributed by atoms with Crippen LogP contribution in [0.15, 0.2) is 33.5 Å². The van der Waals surface area contributed by atoms with Crippen molar-refractivity contribution in [3.05, 3.63) is 53.7 Å². The number of hydrogen-bond acceptors (Lipinski definition) is 6. The molecule has 1 aromatic carbocycles. The Balaban J connectivity index is 2.27. The van der Waals surface area contributed by atoms with Crippen molar-refractivity contribution in [2.24, 2.45) is 0 Å². The van der Waals surface area contributed by atoms with Gasteiger partial charge in [0.05, 0.1) is 15.5 Å². The fourth-order valence-electron chi connectivity index (χ4n) is 2.08. The van der Waals surface area contributed by atoms with Crippen LogP contribution in [0.25, 0.3) is 0 Å². The monoisotopic (exact) mass is 475 g/mol. The van der Waals surface area contributed by atoms with E-state index in [2.05, 4.69) is 42.3 Å². The van der Waals surface area contributed by atoms with Crippen LogP contribution in [0.5, 0.6) is 0 Å². The minimum atomic E-state index is -0.775. The molecule has 0 saturated carbocycles. The summed E-state index contributed by atoms with van der Waals surface area (Å²) in [6.07, 6.45) is 2.58. The van der Waals surface area contributed by atoms with E-state index >= 15 is 0 Å². The van der Waals surface area contributed by atoms with Gasteiger partial charge in [-0.2, -0.15) is 5.10 Å². The summed E-state index contributed by atoms with van der Waals surface area (Å²) in [6, 6.07) is 1.75. The summed E-state index contributed by atoms with van der Waals surface area (Å²) in [6.45, 7) is 1.73. The van der Waals surface area contributed by atoms with Crippen LogP contribution in [0.2, 0.25) is 0 Å². The van der Waals surface area contributed by atoms with Gasteiger partial charge in [-0.25, -0.2) is 0 Å². The number of carbonyl (C=O) groups excluding carboxylic acids is 1. The van der Waals surface area contributed by atoms with Gasteiger partial charge in [-0.1, -0.05) is 6.92 Å². The molecule has 132 valence electrons. The third kappa shape index (κ3) is 4.20. The van der Waals surface area contributed by atoms with Gasteiger partial charge >= 0.3 is 5.69 Å². The van der Waals surface area contributed by atoms with Gasteiger partial charge in [0.1, 0.15) is 18.4 Å². The zero-order valence-corrected chi connectivity index (χ0v) is 15.9. The van der Waals surface area contributed by atoms with Crippen LogP contribution in [0.1, 0.15) is 19.4 Å². The van der Waals surface area contributed by atoms with Crippen molar-refractivity contribution in [3.63, 3.8) is 0 Å². The average Bonchev–Trinajstić information content (AvgIpc) is 3.01. The molecule has 10 nitrogen and oxygen atoms in total. The second-order valence-electron chi connectivity index (χ2n) is 4.89. The number of rotatable bonds is 6. The first-order valence-corrected chi connectivity index (χ1v) is 8.46. The number of halogens is 2. The lowest BCUT2D eigenvalue weighted by Gasteiger charge is -2.16. The van der Waals surface area contributed by atoms with Crippen molar-refractivity contribution in [2.75, 3.05) is 5.32 Å². The van der Waals surface area contributed by atoms with Gasteiger partial charge in [0, 0.05) is 21.1 Å². The molecule has 0 aliphatic rings. The van der Waals surface area contributed by atoms with Gasteiger partial charge in [-0.3, -0.25) is 29.7 Å². The van der Waals surface area contributed by atoms with Gasteiger partial charge in [0.25, 0.3) is 5.69 Å². The third-order valence-corrected chi connectivity index (χ3v) is 4.54. The largest absolute Gasteiger partial charge is 0.322 e. The maximum Gasteiger partial charge on any atom is 0.307 e. The second kappa shape index (κ2) is 7.70. The molecule has 2 rings (SSSR count). The van der Waals surface area contributed by atoms with E-state index in [9.17, 15) is 25.0 Å². The van der Waals surface area contributed by atoms with Gasteiger partial charge in [-0.05, 0) is 38.3 Å². The van der Waals surface area contributed by atoms with Crippen LogP contribution in [-0.2, 0) is 4.79 Å². The first-order chi connectivity index (χ1) is 11.7. The standard InChI is InChI=1S/C13H11Br2N5O5/c1-2-11(18-6-8(5-16-18)20(24)25)13(21)17-12-9(14)3-7(19(22)23)4-10(12)15/h3-6,11H,2H2,1H3,(H,17,21). The number of hydrogen-bond donors (Lipinski definition) is 1. The van der Waals surface area contributed by atoms with Crippen LogP contribution in [0.3, 0.4) is 0 Å². The average molecular weight is 477 g/mol. The zero-order chi connectivity index (χ0) is 18.7. The molecule has 2 aromatic rings. The lowest BCUT2D eigenvalue weighted by molar-refractivity contribution is -0.385. The highest BCUT2D eigenvalue weighted by atomic mass is 79.9. The molecule has 0 spiro atoms. The van der Waals surface area contributed by atoms with E-state index in [-0.39, 0.29) is 11.4 Å². The van der Waals surface area contributed by atoms with Crippen LogP contribution >= 0.6 is 31.9 Å². The normalized spacial score (nSPS) is 11.8. The van der Waals surface area contributed by atoms with Gasteiger partial charge in [-0.15, -0.1) is 0 Å². The third-order valence-electron chi connectivity index (χ3n) is 3.29. The summed E-state index contributed by atoms with van der Waals surface area (Å²) in [5.41, 5.74) is -0.0499. The van der Waals surface area contributed by atoms with Crippen molar-refractivity contribution in [1.29, 1.82) is 0 Å². The predicted octanol–water partition coefficient (Wildman–Crippen LogP) is 3.81. The molecular weight excluding hydrogens is 466 g/mol. The summed E-state index contributed by atoms with van der Waals surface area (Å²) in [4.78, 5) is 33.0. The van der Waals surface area contributed by atoms with Crippen molar-refractivity contribution < 1.29 is 14.6 Å². The van der Waals surface area contributed by atoms with Gasteiger partial charge in [0.2, 0.25) is 5.91 Å². The summed E-state index contributed by atoms with van der Waals surface area (Å²) in [7, 11) is 0. The highest BCUT2D eigenvalue weighted by Crippen LogP contribution is 2.35. The zero-order valence-electron chi connectivity index (χ0n) is 12.7.